The number of carbonyl (C=O) groups is 2. The lowest BCUT2D eigenvalue weighted by molar-refractivity contribution is -0.137. The largest absolute Gasteiger partial charge is 0.478 e. The molecule has 13 heteroatoms. The number of hydrogen-bond donors (Lipinski definition) is 3. The molecule has 3 N–H and O–H groups in total. The molecule has 1 aliphatic rings. The van der Waals surface area contributed by atoms with E-state index in [1.807, 2.05) is 55.5 Å². The van der Waals surface area contributed by atoms with Crippen molar-refractivity contribution >= 4 is 57.9 Å². The van der Waals surface area contributed by atoms with Crippen molar-refractivity contribution in [3.63, 3.8) is 0 Å². The molecule has 8 nitrogen and oxygen atoms in total. The fourth-order valence-electron chi connectivity index (χ4n) is 5.71. The molecule has 6 aromatic rings. The second-order valence-corrected chi connectivity index (χ2v) is 13.3. The van der Waals surface area contributed by atoms with Crippen LogP contribution >= 0.6 is 23.2 Å². The van der Waals surface area contributed by atoms with Gasteiger partial charge in [0.05, 0.1) is 69.8 Å². The number of rotatable bonds is 10. The summed E-state index contributed by atoms with van der Waals surface area (Å²) in [5, 5.41) is 16.4. The Hall–Kier alpha value is -5.91. The molecule has 0 aliphatic heterocycles. The van der Waals surface area contributed by atoms with Crippen molar-refractivity contribution in [3.05, 3.63) is 154 Å². The first-order valence-electron chi connectivity index (χ1n) is 17.1. The van der Waals surface area contributed by atoms with E-state index in [0.717, 1.165) is 28.7 Å². The van der Waals surface area contributed by atoms with Crippen LogP contribution in [0.3, 0.4) is 0 Å². The highest BCUT2D eigenvalue weighted by Crippen LogP contribution is 2.41. The number of alkyl halides is 3. The van der Waals surface area contributed by atoms with Crippen LogP contribution in [-0.4, -0.2) is 33.6 Å². The SMILES string of the molecule is CCOC(=O)c1cc(C2CC2)ccc1Nc1ccc(-c2ccccc2Cl)nc1.O=C(O)c1cc(Cl)ccc1Nc1ccc(-c2ccccc2C(F)(F)F)nc1. The van der Waals surface area contributed by atoms with E-state index in [-0.39, 0.29) is 33.5 Å². The Labute approximate surface area is 325 Å². The number of nitrogens with one attached hydrogen (secondary N) is 2. The highest BCUT2D eigenvalue weighted by atomic mass is 35.5. The van der Waals surface area contributed by atoms with Gasteiger partial charge in [0.2, 0.25) is 0 Å². The summed E-state index contributed by atoms with van der Waals surface area (Å²) in [4.78, 5) is 32.3. The Bertz CT molecular complexity index is 2320. The van der Waals surface area contributed by atoms with Crippen LogP contribution in [0.5, 0.6) is 0 Å². The van der Waals surface area contributed by atoms with E-state index in [4.69, 9.17) is 27.9 Å². The zero-order valence-electron chi connectivity index (χ0n) is 29.2. The number of carboxylic acids is 1. The summed E-state index contributed by atoms with van der Waals surface area (Å²) >= 11 is 12.1. The van der Waals surface area contributed by atoms with E-state index in [1.165, 1.54) is 73.1 Å². The third-order valence-electron chi connectivity index (χ3n) is 8.54. The molecule has 0 unspecified atom stereocenters. The molecule has 0 atom stereocenters. The van der Waals surface area contributed by atoms with E-state index in [2.05, 4.69) is 26.7 Å². The number of hydrogen-bond acceptors (Lipinski definition) is 7. The van der Waals surface area contributed by atoms with Crippen molar-refractivity contribution < 1.29 is 32.6 Å². The van der Waals surface area contributed by atoms with Gasteiger partial charge in [-0.1, -0.05) is 65.7 Å². The third kappa shape index (κ3) is 9.80. The smallest absolute Gasteiger partial charge is 0.417 e. The third-order valence-corrected chi connectivity index (χ3v) is 9.11. The average Bonchev–Trinajstić information content (AvgIpc) is 4.03. The summed E-state index contributed by atoms with van der Waals surface area (Å²) in [6, 6.07) is 29.9. The molecule has 0 saturated heterocycles. The predicted octanol–water partition coefficient (Wildman–Crippen LogP) is 12.1. The van der Waals surface area contributed by atoms with Crippen molar-refractivity contribution in [2.45, 2.75) is 31.9 Å². The molecule has 2 aromatic heterocycles. The number of benzene rings is 4. The van der Waals surface area contributed by atoms with Crippen LogP contribution in [0.15, 0.2) is 122 Å². The van der Waals surface area contributed by atoms with Crippen LogP contribution in [0, 0.1) is 0 Å². The van der Waals surface area contributed by atoms with E-state index >= 15 is 0 Å². The minimum Gasteiger partial charge on any atom is -0.478 e. The van der Waals surface area contributed by atoms with Gasteiger partial charge in [0.1, 0.15) is 0 Å². The highest BCUT2D eigenvalue weighted by Gasteiger charge is 2.33. The number of aromatic carboxylic acids is 1. The maximum Gasteiger partial charge on any atom is 0.417 e. The number of anilines is 4. The number of esters is 1. The molecule has 1 saturated carbocycles. The van der Waals surface area contributed by atoms with E-state index < -0.39 is 17.7 Å². The molecule has 55 heavy (non-hydrogen) atoms. The standard InChI is InChI=1S/C23H21ClN2O2.C19H12ClF3N2O2/c1-2-28-23(27)19-13-16(15-7-8-15)9-11-22(19)26-17-10-12-21(25-14-17)18-5-3-4-6-20(18)24;20-11-5-7-17(14(9-11)18(26)27)25-12-6-8-16(24-10-12)13-3-1-2-4-15(13)19(21,22)23/h3-6,9-15,26H,2,7-8H2,1H3;1-10,25H,(H,26,27). The molecule has 1 fully saturated rings. The van der Waals surface area contributed by atoms with Gasteiger partial charge in [0.15, 0.2) is 0 Å². The quantitative estimate of drug-likeness (QED) is 0.118. The monoisotopic (exact) mass is 784 g/mol. The van der Waals surface area contributed by atoms with Crippen molar-refractivity contribution in [2.75, 3.05) is 17.2 Å². The average molecular weight is 786 g/mol. The van der Waals surface area contributed by atoms with Crippen LogP contribution in [-0.2, 0) is 10.9 Å². The lowest BCUT2D eigenvalue weighted by Gasteiger charge is -2.13. The number of aromatic nitrogens is 2. The Morgan fingerprint density at radius 1 is 0.764 bits per heavy atom. The molecular weight excluding hydrogens is 752 g/mol. The molecule has 0 radical (unpaired) electrons. The summed E-state index contributed by atoms with van der Waals surface area (Å²) in [6.45, 7) is 2.16. The summed E-state index contributed by atoms with van der Waals surface area (Å²) < 4.78 is 44.7. The molecule has 0 bridgehead atoms. The van der Waals surface area contributed by atoms with Gasteiger partial charge < -0.3 is 20.5 Å². The van der Waals surface area contributed by atoms with Gasteiger partial charge >= 0.3 is 18.1 Å². The first-order valence-corrected chi connectivity index (χ1v) is 17.9. The van der Waals surface area contributed by atoms with Gasteiger partial charge in [0.25, 0.3) is 0 Å². The maximum atomic E-state index is 13.1. The van der Waals surface area contributed by atoms with Crippen molar-refractivity contribution in [3.8, 4) is 22.5 Å². The summed E-state index contributed by atoms with van der Waals surface area (Å²) in [7, 11) is 0. The molecule has 0 amide bonds. The summed E-state index contributed by atoms with van der Waals surface area (Å²) in [5.41, 5.74) is 4.97. The Morgan fingerprint density at radius 3 is 1.91 bits per heavy atom. The number of halogens is 5. The van der Waals surface area contributed by atoms with Crippen LogP contribution < -0.4 is 10.6 Å². The van der Waals surface area contributed by atoms with Crippen molar-refractivity contribution in [1.82, 2.24) is 9.97 Å². The molecule has 7 rings (SSSR count). The summed E-state index contributed by atoms with van der Waals surface area (Å²) in [5.74, 6) is -0.907. The van der Waals surface area contributed by atoms with Gasteiger partial charge in [-0.15, -0.1) is 0 Å². The Morgan fingerprint density at radius 2 is 1.35 bits per heavy atom. The predicted molar refractivity (Wildman–Crippen MR) is 209 cm³/mol. The van der Waals surface area contributed by atoms with Crippen LogP contribution in [0.4, 0.5) is 35.9 Å². The number of carboxylic acid groups (broad SMARTS) is 1. The van der Waals surface area contributed by atoms with Gasteiger partial charge in [-0.3, -0.25) is 9.97 Å². The number of pyridine rings is 2. The number of nitrogens with zero attached hydrogens (tertiary/aromatic N) is 2. The normalized spacial score (nSPS) is 12.3. The van der Waals surface area contributed by atoms with Crippen LogP contribution in [0.2, 0.25) is 10.0 Å². The van der Waals surface area contributed by atoms with Crippen LogP contribution in [0.25, 0.3) is 22.5 Å². The van der Waals surface area contributed by atoms with E-state index in [0.29, 0.717) is 28.8 Å². The van der Waals surface area contributed by atoms with Gasteiger partial charge in [-0.05, 0) is 98.0 Å². The summed E-state index contributed by atoms with van der Waals surface area (Å²) in [6.07, 6.45) is 0.949. The zero-order chi connectivity index (χ0) is 39.1. The van der Waals surface area contributed by atoms with Crippen molar-refractivity contribution in [1.29, 1.82) is 0 Å². The first-order chi connectivity index (χ1) is 26.4. The lowest BCUT2D eigenvalue weighted by atomic mass is 10.0. The molecule has 1 aliphatic carbocycles. The Balaban J connectivity index is 0.000000187. The second kappa shape index (κ2) is 17.0. The van der Waals surface area contributed by atoms with Crippen LogP contribution in [0.1, 0.15) is 57.5 Å². The van der Waals surface area contributed by atoms with E-state index in [9.17, 15) is 27.9 Å². The molecule has 4 aromatic carbocycles. The lowest BCUT2D eigenvalue weighted by Crippen LogP contribution is -2.08. The highest BCUT2D eigenvalue weighted by molar-refractivity contribution is 6.33. The zero-order valence-corrected chi connectivity index (χ0v) is 30.7. The van der Waals surface area contributed by atoms with Gasteiger partial charge in [0, 0.05) is 21.2 Å². The molecule has 2 heterocycles. The van der Waals surface area contributed by atoms with Gasteiger partial charge in [-0.25, -0.2) is 9.59 Å². The molecular formula is C42H33Cl2F3N4O4. The Kier molecular flexibility index (Phi) is 12.0. The van der Waals surface area contributed by atoms with Crippen molar-refractivity contribution in [2.24, 2.45) is 0 Å². The topological polar surface area (TPSA) is 113 Å². The second-order valence-electron chi connectivity index (χ2n) is 12.4. The fourth-order valence-corrected chi connectivity index (χ4v) is 6.11. The fraction of sp³-hybridized carbons (Fsp3) is 0.143. The minimum absolute atomic E-state index is 0.0331. The minimum atomic E-state index is -4.49. The number of ether oxygens (including phenoxy) is 1. The number of carbonyl (C=O) groups excluding carboxylic acids is 1. The first kappa shape index (κ1) is 38.8. The van der Waals surface area contributed by atoms with E-state index in [1.54, 1.807) is 6.20 Å². The maximum absolute atomic E-state index is 13.1. The molecule has 280 valence electrons. The molecule has 0 spiro atoms. The van der Waals surface area contributed by atoms with Gasteiger partial charge in [-0.2, -0.15) is 13.2 Å².